The van der Waals surface area contributed by atoms with Crippen LogP contribution in [0.2, 0.25) is 0 Å². The molecule has 0 N–H and O–H groups in total. The topological polar surface area (TPSA) is 23.8 Å². The van der Waals surface area contributed by atoms with E-state index < -0.39 is 0 Å². The molecule has 0 amide bonds. The quantitative estimate of drug-likeness (QED) is 0.734. The van der Waals surface area contributed by atoms with Crippen molar-refractivity contribution in [1.82, 2.24) is 0 Å². The minimum Gasteiger partial charge on any atom is -0.207 e. The smallest absolute Gasteiger partial charge is 0.123 e. The zero-order chi connectivity index (χ0) is 11.4. The second-order valence-electron chi connectivity index (χ2n) is 4.63. The first kappa shape index (κ1) is 11.1. The molecule has 0 aliphatic heterocycles. The highest BCUT2D eigenvalue weighted by Crippen LogP contribution is 2.36. The molecular weight excluding hydrogens is 201 g/mol. The van der Waals surface area contributed by atoms with E-state index in [-0.39, 0.29) is 5.82 Å². The molecule has 0 atom stereocenters. The van der Waals surface area contributed by atoms with Crippen LogP contribution in [0.15, 0.2) is 24.3 Å². The molecule has 1 saturated carbocycles. The fourth-order valence-corrected chi connectivity index (χ4v) is 2.56. The van der Waals surface area contributed by atoms with E-state index in [9.17, 15) is 4.39 Å². The number of rotatable bonds is 2. The summed E-state index contributed by atoms with van der Waals surface area (Å²) in [7, 11) is 0. The average Bonchev–Trinajstić information content (AvgIpc) is 2.32. The number of nitrogens with zero attached hydrogens (tertiary/aromatic N) is 1. The maximum absolute atomic E-state index is 12.8. The van der Waals surface area contributed by atoms with Gasteiger partial charge in [0.2, 0.25) is 0 Å². The Kier molecular flexibility index (Phi) is 3.56. The Balaban J connectivity index is 1.94. The van der Waals surface area contributed by atoms with Crippen LogP contribution in [0, 0.1) is 23.1 Å². The van der Waals surface area contributed by atoms with Gasteiger partial charge in [0.05, 0.1) is 6.07 Å². The van der Waals surface area contributed by atoms with E-state index >= 15 is 0 Å². The predicted octanol–water partition coefficient (Wildman–Crippen LogP) is 4.01. The van der Waals surface area contributed by atoms with Crippen molar-refractivity contribution in [3.63, 3.8) is 0 Å². The van der Waals surface area contributed by atoms with Crippen LogP contribution in [-0.4, -0.2) is 0 Å². The second kappa shape index (κ2) is 5.12. The summed E-state index contributed by atoms with van der Waals surface area (Å²) in [6.07, 6.45) is 5.23. The van der Waals surface area contributed by atoms with Crippen LogP contribution in [0.5, 0.6) is 0 Å². The normalized spacial score (nSPS) is 25.0. The van der Waals surface area contributed by atoms with Crippen LogP contribution in [0.4, 0.5) is 4.39 Å². The van der Waals surface area contributed by atoms with Gasteiger partial charge in [-0.3, -0.25) is 0 Å². The summed E-state index contributed by atoms with van der Waals surface area (Å²) in [4.78, 5) is 0. The lowest BCUT2D eigenvalue weighted by atomic mass is 9.78. The van der Waals surface area contributed by atoms with Crippen LogP contribution in [0.3, 0.4) is 0 Å². The zero-order valence-corrected chi connectivity index (χ0v) is 9.32. The van der Waals surface area contributed by atoms with Crippen molar-refractivity contribution >= 4 is 0 Å². The lowest BCUT2D eigenvalue weighted by Crippen LogP contribution is -2.12. The first-order valence-corrected chi connectivity index (χ1v) is 5.92. The molecule has 0 spiro atoms. The van der Waals surface area contributed by atoms with E-state index in [0.717, 1.165) is 25.7 Å². The lowest BCUT2D eigenvalue weighted by molar-refractivity contribution is 0.330. The van der Waals surface area contributed by atoms with Gasteiger partial charge in [0.1, 0.15) is 5.82 Å². The Labute approximate surface area is 95.9 Å². The maximum Gasteiger partial charge on any atom is 0.123 e. The van der Waals surface area contributed by atoms with E-state index in [4.69, 9.17) is 5.26 Å². The Morgan fingerprint density at radius 3 is 2.31 bits per heavy atom. The van der Waals surface area contributed by atoms with Crippen molar-refractivity contribution < 1.29 is 4.39 Å². The first-order chi connectivity index (χ1) is 7.79. The molecule has 16 heavy (non-hydrogen) atoms. The first-order valence-electron chi connectivity index (χ1n) is 5.92. The second-order valence-corrected chi connectivity index (χ2v) is 4.63. The standard InChI is InChI=1S/C14H16FN/c15-14-7-5-13(6-8-14)12-3-1-11(2-4-12)9-10-16/h5-8,11-12H,1-4,9H2/t11-,12-. The number of halogens is 1. The summed E-state index contributed by atoms with van der Waals surface area (Å²) in [5, 5.41) is 8.64. The molecule has 2 heteroatoms. The minimum absolute atomic E-state index is 0.165. The van der Waals surface area contributed by atoms with Crippen LogP contribution >= 0.6 is 0 Å². The van der Waals surface area contributed by atoms with Gasteiger partial charge < -0.3 is 0 Å². The number of hydrogen-bond donors (Lipinski definition) is 0. The third-order valence-electron chi connectivity index (χ3n) is 3.57. The summed E-state index contributed by atoms with van der Waals surface area (Å²) in [6.45, 7) is 0. The molecule has 1 nitrogen and oxygen atoms in total. The summed E-state index contributed by atoms with van der Waals surface area (Å²) >= 11 is 0. The molecule has 1 aliphatic rings. The molecule has 1 fully saturated rings. The fraction of sp³-hybridized carbons (Fsp3) is 0.500. The Morgan fingerprint density at radius 2 is 1.75 bits per heavy atom. The molecule has 0 bridgehead atoms. The van der Waals surface area contributed by atoms with E-state index in [1.807, 2.05) is 12.1 Å². The summed E-state index contributed by atoms with van der Waals surface area (Å²) < 4.78 is 12.8. The molecule has 2 rings (SSSR count). The van der Waals surface area contributed by atoms with Gasteiger partial charge in [-0.2, -0.15) is 5.26 Å². The molecule has 0 heterocycles. The Hall–Kier alpha value is -1.36. The van der Waals surface area contributed by atoms with Crippen molar-refractivity contribution in [3.05, 3.63) is 35.6 Å². The highest BCUT2D eigenvalue weighted by Gasteiger charge is 2.21. The third-order valence-corrected chi connectivity index (χ3v) is 3.57. The van der Waals surface area contributed by atoms with Crippen molar-refractivity contribution in [3.8, 4) is 6.07 Å². The van der Waals surface area contributed by atoms with Gasteiger partial charge in [-0.05, 0) is 55.2 Å². The van der Waals surface area contributed by atoms with Crippen LogP contribution < -0.4 is 0 Å². The minimum atomic E-state index is -0.165. The molecule has 1 aromatic carbocycles. The van der Waals surface area contributed by atoms with E-state index in [2.05, 4.69) is 6.07 Å². The third kappa shape index (κ3) is 2.61. The van der Waals surface area contributed by atoms with E-state index in [0.29, 0.717) is 18.3 Å². The van der Waals surface area contributed by atoms with E-state index in [1.165, 1.54) is 17.7 Å². The van der Waals surface area contributed by atoms with Crippen molar-refractivity contribution in [2.24, 2.45) is 5.92 Å². The van der Waals surface area contributed by atoms with Crippen molar-refractivity contribution in [2.75, 3.05) is 0 Å². The van der Waals surface area contributed by atoms with E-state index in [1.54, 1.807) is 0 Å². The van der Waals surface area contributed by atoms with Gasteiger partial charge in [-0.15, -0.1) is 0 Å². The molecule has 1 aliphatic carbocycles. The number of benzene rings is 1. The molecule has 1 aromatic rings. The lowest BCUT2D eigenvalue weighted by Gasteiger charge is -2.27. The highest BCUT2D eigenvalue weighted by atomic mass is 19.1. The molecule has 0 saturated heterocycles. The fourth-order valence-electron chi connectivity index (χ4n) is 2.56. The SMILES string of the molecule is N#CC[C@H]1CC[C@H](c2ccc(F)cc2)CC1. The van der Waals surface area contributed by atoms with Gasteiger partial charge in [0, 0.05) is 6.42 Å². The largest absolute Gasteiger partial charge is 0.207 e. The number of nitriles is 1. The highest BCUT2D eigenvalue weighted by molar-refractivity contribution is 5.20. The average molecular weight is 217 g/mol. The Bertz CT molecular complexity index is 369. The van der Waals surface area contributed by atoms with Gasteiger partial charge in [-0.1, -0.05) is 12.1 Å². The monoisotopic (exact) mass is 217 g/mol. The predicted molar refractivity (Wildman–Crippen MR) is 61.3 cm³/mol. The van der Waals surface area contributed by atoms with Crippen LogP contribution in [-0.2, 0) is 0 Å². The van der Waals surface area contributed by atoms with Crippen molar-refractivity contribution in [1.29, 1.82) is 5.26 Å². The zero-order valence-electron chi connectivity index (χ0n) is 9.32. The molecule has 0 radical (unpaired) electrons. The number of hydrogen-bond acceptors (Lipinski definition) is 1. The molecule has 0 aromatic heterocycles. The van der Waals surface area contributed by atoms with Crippen molar-refractivity contribution in [2.45, 2.75) is 38.0 Å². The van der Waals surface area contributed by atoms with Crippen LogP contribution in [0.1, 0.15) is 43.6 Å². The summed E-state index contributed by atoms with van der Waals surface area (Å²) in [5.74, 6) is 0.985. The Morgan fingerprint density at radius 1 is 1.12 bits per heavy atom. The summed E-state index contributed by atoms with van der Waals surface area (Å²) in [5.41, 5.74) is 1.25. The summed E-state index contributed by atoms with van der Waals surface area (Å²) in [6, 6.07) is 9.11. The van der Waals surface area contributed by atoms with Gasteiger partial charge in [0.25, 0.3) is 0 Å². The van der Waals surface area contributed by atoms with Gasteiger partial charge in [-0.25, -0.2) is 4.39 Å². The van der Waals surface area contributed by atoms with Crippen LogP contribution in [0.25, 0.3) is 0 Å². The molecule has 0 unspecified atom stereocenters. The van der Waals surface area contributed by atoms with Gasteiger partial charge in [0.15, 0.2) is 0 Å². The maximum atomic E-state index is 12.8. The van der Waals surface area contributed by atoms with Gasteiger partial charge >= 0.3 is 0 Å². The molecular formula is C14H16FN. The molecule has 84 valence electrons.